The van der Waals surface area contributed by atoms with Crippen molar-refractivity contribution in [2.24, 2.45) is 0 Å². The number of aromatic nitrogens is 1. The van der Waals surface area contributed by atoms with Crippen LogP contribution in [0, 0.1) is 17.1 Å². The van der Waals surface area contributed by atoms with Crippen LogP contribution in [0.4, 0.5) is 4.39 Å². The molecule has 4 nitrogen and oxygen atoms in total. The fraction of sp³-hybridized carbons (Fsp3) is 0. The molecule has 0 saturated heterocycles. The third kappa shape index (κ3) is 3.63. The standard InChI is InChI=1S/C22H11Cl2FN2O2S/c23-15-3-1-2-14(8-15)22-19-5-4-16(24)9-20(19)27-12-21(22)30(28,29)18-7-13(11-26)6-17(25)10-18/h1-10,12H. The Kier molecular flexibility index (Phi) is 5.20. The van der Waals surface area contributed by atoms with Crippen molar-refractivity contribution < 1.29 is 12.8 Å². The summed E-state index contributed by atoms with van der Waals surface area (Å²) in [5, 5.41) is 10.5. The minimum absolute atomic E-state index is 0.0987. The van der Waals surface area contributed by atoms with Gasteiger partial charge in [-0.05, 0) is 48.0 Å². The number of rotatable bonds is 3. The van der Waals surface area contributed by atoms with Crippen LogP contribution in [0.25, 0.3) is 22.0 Å². The molecule has 1 heterocycles. The Labute approximate surface area is 182 Å². The lowest BCUT2D eigenvalue weighted by Gasteiger charge is -2.14. The Morgan fingerprint density at radius 2 is 1.73 bits per heavy atom. The minimum atomic E-state index is -4.22. The van der Waals surface area contributed by atoms with Gasteiger partial charge in [0.25, 0.3) is 0 Å². The van der Waals surface area contributed by atoms with Crippen LogP contribution in [-0.2, 0) is 9.84 Å². The lowest BCUT2D eigenvalue weighted by atomic mass is 10.0. The summed E-state index contributed by atoms with van der Waals surface area (Å²) in [4.78, 5) is 3.79. The van der Waals surface area contributed by atoms with Crippen molar-refractivity contribution in [3.63, 3.8) is 0 Å². The quantitative estimate of drug-likeness (QED) is 0.376. The molecule has 0 bridgehead atoms. The lowest BCUT2D eigenvalue weighted by Crippen LogP contribution is -2.06. The van der Waals surface area contributed by atoms with Gasteiger partial charge in [0.15, 0.2) is 0 Å². The van der Waals surface area contributed by atoms with Gasteiger partial charge in [-0.25, -0.2) is 12.8 Å². The van der Waals surface area contributed by atoms with Crippen LogP contribution < -0.4 is 0 Å². The highest BCUT2D eigenvalue weighted by molar-refractivity contribution is 7.91. The molecule has 0 aliphatic carbocycles. The van der Waals surface area contributed by atoms with E-state index in [2.05, 4.69) is 4.98 Å². The zero-order valence-electron chi connectivity index (χ0n) is 15.1. The van der Waals surface area contributed by atoms with Gasteiger partial charge >= 0.3 is 0 Å². The van der Waals surface area contributed by atoms with E-state index in [9.17, 15) is 12.8 Å². The fourth-order valence-corrected chi connectivity index (χ4v) is 5.05. The van der Waals surface area contributed by atoms with Crippen molar-refractivity contribution in [2.45, 2.75) is 9.79 Å². The Morgan fingerprint density at radius 3 is 2.47 bits per heavy atom. The smallest absolute Gasteiger partial charge is 0.208 e. The van der Waals surface area contributed by atoms with Crippen LogP contribution in [0.3, 0.4) is 0 Å². The predicted octanol–water partition coefficient (Wildman–Crippen LogP) is 6.05. The second kappa shape index (κ2) is 7.69. The Balaban J connectivity index is 2.09. The first-order valence-electron chi connectivity index (χ1n) is 8.59. The fourth-order valence-electron chi connectivity index (χ4n) is 3.20. The summed E-state index contributed by atoms with van der Waals surface area (Å²) in [6, 6.07) is 16.4. The highest BCUT2D eigenvalue weighted by Crippen LogP contribution is 2.38. The van der Waals surface area contributed by atoms with Gasteiger partial charge in [-0.1, -0.05) is 41.4 Å². The minimum Gasteiger partial charge on any atom is -0.255 e. The molecule has 148 valence electrons. The zero-order chi connectivity index (χ0) is 21.5. The van der Waals surface area contributed by atoms with E-state index in [0.717, 1.165) is 18.2 Å². The first kappa shape index (κ1) is 20.3. The maximum absolute atomic E-state index is 14.0. The van der Waals surface area contributed by atoms with Gasteiger partial charge in [-0.15, -0.1) is 0 Å². The summed E-state index contributed by atoms with van der Waals surface area (Å²) in [5.74, 6) is -0.822. The van der Waals surface area contributed by atoms with Crippen LogP contribution in [-0.4, -0.2) is 13.4 Å². The number of sulfone groups is 1. The maximum Gasteiger partial charge on any atom is 0.208 e. The number of nitrogens with zero attached hydrogens (tertiary/aromatic N) is 2. The van der Waals surface area contributed by atoms with Crippen molar-refractivity contribution in [3.05, 3.63) is 88.3 Å². The largest absolute Gasteiger partial charge is 0.255 e. The van der Waals surface area contributed by atoms with Gasteiger partial charge in [-0.2, -0.15) is 5.26 Å². The summed E-state index contributed by atoms with van der Waals surface area (Å²) in [6.07, 6.45) is 1.21. The van der Waals surface area contributed by atoms with Crippen molar-refractivity contribution >= 4 is 43.9 Å². The number of nitriles is 1. The molecule has 8 heteroatoms. The SMILES string of the molecule is N#Cc1cc(F)cc(S(=O)(=O)c2cnc3cc(Cl)ccc3c2-c2cccc(Cl)c2)c1. The molecular formula is C22H11Cl2FN2O2S. The molecule has 4 aromatic rings. The van der Waals surface area contributed by atoms with Gasteiger partial charge in [-0.3, -0.25) is 4.98 Å². The first-order chi connectivity index (χ1) is 14.3. The van der Waals surface area contributed by atoms with E-state index >= 15 is 0 Å². The van der Waals surface area contributed by atoms with Gasteiger partial charge in [0.2, 0.25) is 9.84 Å². The van der Waals surface area contributed by atoms with Crippen molar-refractivity contribution in [1.82, 2.24) is 4.98 Å². The summed E-state index contributed by atoms with van der Waals surface area (Å²) in [6.45, 7) is 0. The van der Waals surface area contributed by atoms with Gasteiger partial charge in [0.1, 0.15) is 5.82 Å². The molecule has 0 atom stereocenters. The molecule has 0 amide bonds. The van der Waals surface area contributed by atoms with Gasteiger partial charge < -0.3 is 0 Å². The monoisotopic (exact) mass is 456 g/mol. The van der Waals surface area contributed by atoms with Crippen LogP contribution in [0.15, 0.2) is 76.7 Å². The molecule has 0 fully saturated rings. The second-order valence-corrected chi connectivity index (χ2v) is 9.25. The lowest BCUT2D eigenvalue weighted by molar-refractivity contribution is 0.590. The summed E-state index contributed by atoms with van der Waals surface area (Å²) in [5.41, 5.74) is 1.31. The zero-order valence-corrected chi connectivity index (χ0v) is 17.4. The van der Waals surface area contributed by atoms with E-state index in [4.69, 9.17) is 28.5 Å². The topological polar surface area (TPSA) is 70.8 Å². The Hall–Kier alpha value is -2.98. The maximum atomic E-state index is 14.0. The molecule has 0 aliphatic heterocycles. The molecule has 0 spiro atoms. The molecule has 0 saturated carbocycles. The Bertz CT molecular complexity index is 1460. The van der Waals surface area contributed by atoms with Crippen molar-refractivity contribution in [3.8, 4) is 17.2 Å². The van der Waals surface area contributed by atoms with Gasteiger partial charge in [0.05, 0.1) is 26.9 Å². The van der Waals surface area contributed by atoms with E-state index in [0.29, 0.717) is 32.1 Å². The number of fused-ring (bicyclic) bond motifs is 1. The molecule has 4 rings (SSSR count). The van der Waals surface area contributed by atoms with Crippen molar-refractivity contribution in [1.29, 1.82) is 5.26 Å². The van der Waals surface area contributed by atoms with Crippen LogP contribution in [0.2, 0.25) is 10.0 Å². The van der Waals surface area contributed by atoms with Crippen LogP contribution in [0.5, 0.6) is 0 Å². The molecule has 0 radical (unpaired) electrons. The van der Waals surface area contributed by atoms with E-state index in [1.54, 1.807) is 48.5 Å². The summed E-state index contributed by atoms with van der Waals surface area (Å²) < 4.78 is 40.9. The molecule has 3 aromatic carbocycles. The summed E-state index contributed by atoms with van der Waals surface area (Å²) >= 11 is 12.2. The van der Waals surface area contributed by atoms with E-state index in [1.807, 2.05) is 0 Å². The normalized spacial score (nSPS) is 11.4. The molecule has 0 N–H and O–H groups in total. The average molecular weight is 457 g/mol. The number of benzene rings is 3. The van der Waals surface area contributed by atoms with Crippen LogP contribution >= 0.6 is 23.2 Å². The highest BCUT2D eigenvalue weighted by atomic mass is 35.5. The van der Waals surface area contributed by atoms with E-state index in [1.165, 1.54) is 6.20 Å². The van der Waals surface area contributed by atoms with Gasteiger partial charge in [0, 0.05) is 27.2 Å². The van der Waals surface area contributed by atoms with E-state index < -0.39 is 15.7 Å². The molecule has 0 aliphatic rings. The highest BCUT2D eigenvalue weighted by Gasteiger charge is 2.26. The molecule has 1 aromatic heterocycles. The van der Waals surface area contributed by atoms with E-state index in [-0.39, 0.29) is 15.4 Å². The van der Waals surface area contributed by atoms with Crippen LogP contribution in [0.1, 0.15) is 5.56 Å². The molecular weight excluding hydrogens is 446 g/mol. The average Bonchev–Trinajstić information content (AvgIpc) is 2.72. The molecule has 30 heavy (non-hydrogen) atoms. The second-order valence-electron chi connectivity index (χ2n) is 6.46. The predicted molar refractivity (Wildman–Crippen MR) is 114 cm³/mol. The van der Waals surface area contributed by atoms with Crippen molar-refractivity contribution in [2.75, 3.05) is 0 Å². The first-order valence-corrected chi connectivity index (χ1v) is 10.8. The summed E-state index contributed by atoms with van der Waals surface area (Å²) in [7, 11) is -4.22. The number of hydrogen-bond acceptors (Lipinski definition) is 4. The number of pyridine rings is 1. The number of hydrogen-bond donors (Lipinski definition) is 0. The molecule has 0 unspecified atom stereocenters. The Morgan fingerprint density at radius 1 is 0.967 bits per heavy atom. The third-order valence-corrected chi connectivity index (χ3v) is 6.72. The third-order valence-electron chi connectivity index (χ3n) is 4.51. The number of halogens is 3.